The Balaban J connectivity index is 1.89. The Morgan fingerprint density at radius 3 is 2.44 bits per heavy atom. The molecule has 0 fully saturated rings. The standard InChI is InChI=1S/C27H46F2N2O3/c1-21(2)25-24-9-8-23(29)16-22(24)10-11-27(25,32)12-15-30(4)13-7-14-31(20-28)17-26(3,18-33-5)19-34-6/h8-9,16,21,25,32H,7,10-15,17-20H2,1-6H3/t25-,27-/m0/s1. The lowest BCUT2D eigenvalue weighted by Gasteiger charge is -2.44. The largest absolute Gasteiger partial charge is 0.389 e. The van der Waals surface area contributed by atoms with Crippen LogP contribution in [-0.4, -0.2) is 88.0 Å². The highest BCUT2D eigenvalue weighted by Crippen LogP contribution is 2.45. The van der Waals surface area contributed by atoms with E-state index in [-0.39, 0.29) is 23.1 Å². The Kier molecular flexibility index (Phi) is 11.4. The smallest absolute Gasteiger partial charge is 0.143 e. The maximum absolute atomic E-state index is 13.7. The van der Waals surface area contributed by atoms with Gasteiger partial charge in [-0.15, -0.1) is 0 Å². The number of aliphatic hydroxyl groups is 1. The molecule has 0 bridgehead atoms. The van der Waals surface area contributed by atoms with Crippen LogP contribution < -0.4 is 0 Å². The molecule has 0 aromatic heterocycles. The molecule has 2 atom stereocenters. The molecule has 196 valence electrons. The van der Waals surface area contributed by atoms with E-state index in [0.717, 1.165) is 30.6 Å². The Bertz CT molecular complexity index is 743. The lowest BCUT2D eigenvalue weighted by Crippen LogP contribution is -2.45. The third-order valence-electron chi connectivity index (χ3n) is 7.21. The fraction of sp³-hybridized carbons (Fsp3) is 0.778. The van der Waals surface area contributed by atoms with Crippen LogP contribution in [-0.2, 0) is 15.9 Å². The Labute approximate surface area is 205 Å². The molecule has 2 rings (SSSR count). The molecular weight excluding hydrogens is 438 g/mol. The van der Waals surface area contributed by atoms with Gasteiger partial charge in [0, 0.05) is 45.2 Å². The summed E-state index contributed by atoms with van der Waals surface area (Å²) in [5.74, 6) is 0.0384. The van der Waals surface area contributed by atoms with Crippen molar-refractivity contribution in [3.8, 4) is 0 Å². The molecule has 1 N–H and O–H groups in total. The zero-order valence-corrected chi connectivity index (χ0v) is 22.1. The van der Waals surface area contributed by atoms with Crippen LogP contribution in [0.1, 0.15) is 57.1 Å². The van der Waals surface area contributed by atoms with Gasteiger partial charge in [-0.3, -0.25) is 4.90 Å². The quantitative estimate of drug-likeness (QED) is 0.372. The number of fused-ring (bicyclic) bond motifs is 1. The minimum absolute atomic E-state index is 0.00785. The molecule has 34 heavy (non-hydrogen) atoms. The van der Waals surface area contributed by atoms with E-state index in [1.807, 2.05) is 11.0 Å². The third kappa shape index (κ3) is 7.95. The van der Waals surface area contributed by atoms with Gasteiger partial charge >= 0.3 is 0 Å². The molecule has 0 saturated carbocycles. The molecule has 0 saturated heterocycles. The SMILES string of the molecule is COCC(C)(COC)CN(CF)CCCN(C)CC[C@@]1(O)CCc2cc(F)ccc2[C@@H]1C(C)C. The van der Waals surface area contributed by atoms with Gasteiger partial charge in [0.25, 0.3) is 0 Å². The molecule has 1 aliphatic carbocycles. The zero-order valence-electron chi connectivity index (χ0n) is 22.1. The first-order chi connectivity index (χ1) is 16.1. The molecule has 7 heteroatoms. The first kappa shape index (κ1) is 29.1. The van der Waals surface area contributed by atoms with Gasteiger partial charge in [0.2, 0.25) is 0 Å². The van der Waals surface area contributed by atoms with Gasteiger partial charge in [-0.2, -0.15) is 0 Å². The lowest BCUT2D eigenvalue weighted by atomic mass is 9.66. The van der Waals surface area contributed by atoms with Gasteiger partial charge in [-0.1, -0.05) is 26.8 Å². The van der Waals surface area contributed by atoms with Crippen LogP contribution in [0.3, 0.4) is 0 Å². The van der Waals surface area contributed by atoms with Crippen LogP contribution in [0, 0.1) is 17.2 Å². The highest BCUT2D eigenvalue weighted by atomic mass is 19.1. The summed E-state index contributed by atoms with van der Waals surface area (Å²) >= 11 is 0. The van der Waals surface area contributed by atoms with Crippen molar-refractivity contribution in [2.24, 2.45) is 11.3 Å². The second-order valence-corrected chi connectivity index (χ2v) is 10.9. The summed E-state index contributed by atoms with van der Waals surface area (Å²) in [7, 11) is 5.37. The first-order valence-corrected chi connectivity index (χ1v) is 12.5. The van der Waals surface area contributed by atoms with Crippen molar-refractivity contribution in [3.05, 3.63) is 35.1 Å². The molecule has 5 nitrogen and oxygen atoms in total. The molecule has 1 aliphatic rings. The van der Waals surface area contributed by atoms with Gasteiger partial charge in [-0.25, -0.2) is 8.78 Å². The number of rotatable bonds is 15. The van der Waals surface area contributed by atoms with E-state index in [1.54, 1.807) is 20.3 Å². The van der Waals surface area contributed by atoms with E-state index in [0.29, 0.717) is 45.6 Å². The molecule has 0 radical (unpaired) electrons. The highest BCUT2D eigenvalue weighted by Gasteiger charge is 2.43. The molecule has 0 amide bonds. The number of nitrogens with zero attached hydrogens (tertiary/aromatic N) is 2. The summed E-state index contributed by atoms with van der Waals surface area (Å²) in [5, 5.41) is 11.6. The van der Waals surface area contributed by atoms with Crippen LogP contribution in [0.25, 0.3) is 0 Å². The number of alkyl halides is 1. The molecule has 0 unspecified atom stereocenters. The van der Waals surface area contributed by atoms with E-state index in [2.05, 4.69) is 32.7 Å². The summed E-state index contributed by atoms with van der Waals surface area (Å²) in [5.41, 5.74) is 1.05. The summed E-state index contributed by atoms with van der Waals surface area (Å²) in [6.45, 7) is 9.66. The molecule has 0 aliphatic heterocycles. The number of halogens is 2. The van der Waals surface area contributed by atoms with Crippen LogP contribution in [0.15, 0.2) is 18.2 Å². The van der Waals surface area contributed by atoms with Gasteiger partial charge in [0.1, 0.15) is 12.6 Å². The number of aryl methyl sites for hydroxylation is 1. The minimum Gasteiger partial charge on any atom is -0.389 e. The van der Waals surface area contributed by atoms with Crippen LogP contribution in [0.5, 0.6) is 0 Å². The number of hydrogen-bond donors (Lipinski definition) is 1. The van der Waals surface area contributed by atoms with Crippen molar-refractivity contribution < 1.29 is 23.4 Å². The number of ether oxygens (including phenoxy) is 2. The third-order valence-corrected chi connectivity index (χ3v) is 7.21. The molecule has 0 spiro atoms. The zero-order chi connectivity index (χ0) is 25.4. The van der Waals surface area contributed by atoms with E-state index in [9.17, 15) is 13.9 Å². The summed E-state index contributed by atoms with van der Waals surface area (Å²) < 4.78 is 38.0. The van der Waals surface area contributed by atoms with Crippen molar-refractivity contribution >= 4 is 0 Å². The van der Waals surface area contributed by atoms with Gasteiger partial charge in [-0.05, 0) is 68.5 Å². The topological polar surface area (TPSA) is 45.2 Å². The van der Waals surface area contributed by atoms with Crippen LogP contribution in [0.2, 0.25) is 0 Å². The monoisotopic (exact) mass is 484 g/mol. The predicted octanol–water partition coefficient (Wildman–Crippen LogP) is 4.48. The first-order valence-electron chi connectivity index (χ1n) is 12.5. The van der Waals surface area contributed by atoms with Gasteiger partial charge in [0.05, 0.1) is 18.8 Å². The molecular formula is C27H46F2N2O3. The van der Waals surface area contributed by atoms with Crippen LogP contribution >= 0.6 is 0 Å². The maximum Gasteiger partial charge on any atom is 0.143 e. The summed E-state index contributed by atoms with van der Waals surface area (Å²) in [6.07, 6.45) is 2.84. The Morgan fingerprint density at radius 1 is 1.18 bits per heavy atom. The van der Waals surface area contributed by atoms with E-state index >= 15 is 0 Å². The Morgan fingerprint density at radius 2 is 1.85 bits per heavy atom. The number of benzene rings is 1. The van der Waals surface area contributed by atoms with Crippen molar-refractivity contribution in [1.29, 1.82) is 0 Å². The van der Waals surface area contributed by atoms with Crippen molar-refractivity contribution in [2.45, 2.75) is 58.0 Å². The van der Waals surface area contributed by atoms with E-state index in [1.165, 1.54) is 6.07 Å². The van der Waals surface area contributed by atoms with Crippen molar-refractivity contribution in [1.82, 2.24) is 9.80 Å². The Hall–Kier alpha value is -1.12. The molecule has 0 heterocycles. The fourth-order valence-electron chi connectivity index (χ4n) is 5.76. The average molecular weight is 485 g/mol. The molecule has 1 aromatic carbocycles. The second kappa shape index (κ2) is 13.3. The van der Waals surface area contributed by atoms with Gasteiger partial charge in [0.15, 0.2) is 0 Å². The minimum atomic E-state index is -0.805. The van der Waals surface area contributed by atoms with E-state index < -0.39 is 12.4 Å². The highest BCUT2D eigenvalue weighted by molar-refractivity contribution is 5.36. The lowest BCUT2D eigenvalue weighted by molar-refractivity contribution is -0.0304. The maximum atomic E-state index is 13.7. The number of hydrogen-bond acceptors (Lipinski definition) is 5. The van der Waals surface area contributed by atoms with E-state index in [4.69, 9.17) is 9.47 Å². The second-order valence-electron chi connectivity index (χ2n) is 10.9. The molecule has 1 aromatic rings. The summed E-state index contributed by atoms with van der Waals surface area (Å²) in [4.78, 5) is 4.03. The average Bonchev–Trinajstić information content (AvgIpc) is 2.77. The predicted molar refractivity (Wildman–Crippen MR) is 133 cm³/mol. The van der Waals surface area contributed by atoms with Crippen LogP contribution in [0.4, 0.5) is 8.78 Å². The normalized spacial score (nSPS) is 21.0. The van der Waals surface area contributed by atoms with Crippen molar-refractivity contribution in [3.63, 3.8) is 0 Å². The number of methoxy groups -OCH3 is 2. The summed E-state index contributed by atoms with van der Waals surface area (Å²) in [6, 6.07) is 4.99. The van der Waals surface area contributed by atoms with Gasteiger partial charge < -0.3 is 19.5 Å². The van der Waals surface area contributed by atoms with Crippen molar-refractivity contribution in [2.75, 3.05) is 67.5 Å². The fourth-order valence-corrected chi connectivity index (χ4v) is 5.76.